The third kappa shape index (κ3) is 5.79. The highest BCUT2D eigenvalue weighted by atomic mass is 79.9. The number of benzene rings is 1. The van der Waals surface area contributed by atoms with Gasteiger partial charge in [0.1, 0.15) is 17.2 Å². The minimum atomic E-state index is -0.960. The molecule has 116 valence electrons. The Morgan fingerprint density at radius 1 is 1.19 bits per heavy atom. The van der Waals surface area contributed by atoms with Crippen molar-refractivity contribution >= 4 is 27.7 Å². The molecular weight excluding hydrogens is 346 g/mol. The van der Waals surface area contributed by atoms with Gasteiger partial charge in [-0.2, -0.15) is 0 Å². The van der Waals surface area contributed by atoms with Gasteiger partial charge in [0.25, 0.3) is 5.91 Å². The van der Waals surface area contributed by atoms with Crippen molar-refractivity contribution < 1.29 is 18.4 Å². The lowest BCUT2D eigenvalue weighted by molar-refractivity contribution is -0.122. The van der Waals surface area contributed by atoms with E-state index < -0.39 is 23.1 Å². The fourth-order valence-corrected chi connectivity index (χ4v) is 2.02. The molecule has 1 rings (SSSR count). The molecule has 2 amide bonds. The first kappa shape index (κ1) is 17.6. The van der Waals surface area contributed by atoms with Gasteiger partial charge in [-0.25, -0.2) is 8.78 Å². The molecular formula is C14H17BrF2N2O2. The van der Waals surface area contributed by atoms with Gasteiger partial charge in [-0.3, -0.25) is 9.59 Å². The van der Waals surface area contributed by atoms with Gasteiger partial charge in [-0.1, -0.05) is 15.9 Å². The van der Waals surface area contributed by atoms with Crippen LogP contribution in [0.1, 0.15) is 37.6 Å². The zero-order chi connectivity index (χ0) is 16.2. The predicted octanol–water partition coefficient (Wildman–Crippen LogP) is 2.76. The monoisotopic (exact) mass is 362 g/mol. The van der Waals surface area contributed by atoms with Crippen molar-refractivity contribution in [3.8, 4) is 0 Å². The zero-order valence-corrected chi connectivity index (χ0v) is 13.6. The third-order valence-corrected chi connectivity index (χ3v) is 2.84. The Kier molecular flexibility index (Phi) is 5.83. The van der Waals surface area contributed by atoms with E-state index in [0.29, 0.717) is 0 Å². The second-order valence-electron chi connectivity index (χ2n) is 5.55. The van der Waals surface area contributed by atoms with Crippen LogP contribution in [0.2, 0.25) is 0 Å². The van der Waals surface area contributed by atoms with Crippen LogP contribution >= 0.6 is 15.9 Å². The molecule has 0 fully saturated rings. The highest BCUT2D eigenvalue weighted by molar-refractivity contribution is 9.10. The van der Waals surface area contributed by atoms with Gasteiger partial charge < -0.3 is 10.6 Å². The van der Waals surface area contributed by atoms with Gasteiger partial charge >= 0.3 is 0 Å². The van der Waals surface area contributed by atoms with E-state index in [-0.39, 0.29) is 28.9 Å². The molecule has 0 heterocycles. The van der Waals surface area contributed by atoms with Gasteiger partial charge in [0.2, 0.25) is 5.91 Å². The van der Waals surface area contributed by atoms with Crippen molar-refractivity contribution in [2.75, 3.05) is 6.54 Å². The lowest BCUT2D eigenvalue weighted by Crippen LogP contribution is -2.42. The van der Waals surface area contributed by atoms with Gasteiger partial charge in [0.05, 0.1) is 0 Å². The van der Waals surface area contributed by atoms with Crippen molar-refractivity contribution in [2.45, 2.75) is 32.7 Å². The lowest BCUT2D eigenvalue weighted by atomic mass is 10.1. The maximum Gasteiger partial charge on any atom is 0.257 e. The van der Waals surface area contributed by atoms with Gasteiger partial charge in [-0.15, -0.1) is 0 Å². The summed E-state index contributed by atoms with van der Waals surface area (Å²) in [4.78, 5) is 23.3. The van der Waals surface area contributed by atoms with Crippen LogP contribution in [0.4, 0.5) is 8.78 Å². The summed E-state index contributed by atoms with van der Waals surface area (Å²) in [5.41, 5.74) is -1.03. The maximum atomic E-state index is 13.6. The molecule has 0 bridgehead atoms. The smallest absolute Gasteiger partial charge is 0.257 e. The number of nitrogens with one attached hydrogen (secondary N) is 2. The first-order valence-corrected chi connectivity index (χ1v) is 7.13. The fraction of sp³-hybridized carbons (Fsp3) is 0.429. The van der Waals surface area contributed by atoms with E-state index in [1.54, 1.807) is 0 Å². The Balaban J connectivity index is 2.58. The van der Waals surface area contributed by atoms with Crippen LogP contribution in [0, 0.1) is 11.6 Å². The molecule has 1 aromatic rings. The SMILES string of the molecule is CC(C)(C)NC(=O)CCNC(=O)c1c(F)cc(Br)cc1F. The summed E-state index contributed by atoms with van der Waals surface area (Å²) in [6.45, 7) is 5.48. The van der Waals surface area contributed by atoms with E-state index in [1.165, 1.54) is 0 Å². The van der Waals surface area contributed by atoms with Crippen LogP contribution < -0.4 is 10.6 Å². The van der Waals surface area contributed by atoms with Crippen LogP contribution in [-0.4, -0.2) is 23.9 Å². The Labute approximate surface area is 130 Å². The van der Waals surface area contributed by atoms with Gasteiger partial charge in [0.15, 0.2) is 0 Å². The van der Waals surface area contributed by atoms with Crippen LogP contribution in [0.3, 0.4) is 0 Å². The number of hydrogen-bond donors (Lipinski definition) is 2. The quantitative estimate of drug-likeness (QED) is 0.864. The molecule has 1 aromatic carbocycles. The molecule has 4 nitrogen and oxygen atoms in total. The van der Waals surface area contributed by atoms with Crippen LogP contribution in [0.15, 0.2) is 16.6 Å². The summed E-state index contributed by atoms with van der Waals surface area (Å²) in [6.07, 6.45) is 0.0305. The molecule has 0 aliphatic carbocycles. The summed E-state index contributed by atoms with van der Waals surface area (Å²) < 4.78 is 27.3. The molecule has 0 aliphatic heterocycles. The van der Waals surface area contributed by atoms with Crippen LogP contribution in [0.5, 0.6) is 0 Å². The van der Waals surface area contributed by atoms with Crippen LogP contribution in [-0.2, 0) is 4.79 Å². The zero-order valence-electron chi connectivity index (χ0n) is 12.0. The van der Waals surface area contributed by atoms with E-state index >= 15 is 0 Å². The molecule has 0 atom stereocenters. The Morgan fingerprint density at radius 3 is 2.19 bits per heavy atom. The number of rotatable bonds is 4. The summed E-state index contributed by atoms with van der Waals surface area (Å²) in [6, 6.07) is 2.01. The van der Waals surface area contributed by atoms with Crippen molar-refractivity contribution in [3.05, 3.63) is 33.8 Å². The summed E-state index contributed by atoms with van der Waals surface area (Å²) in [7, 11) is 0. The number of halogens is 3. The Hall–Kier alpha value is -1.50. The summed E-state index contributed by atoms with van der Waals surface area (Å²) in [5, 5.41) is 5.04. The topological polar surface area (TPSA) is 58.2 Å². The largest absolute Gasteiger partial charge is 0.351 e. The molecule has 0 aliphatic rings. The molecule has 21 heavy (non-hydrogen) atoms. The molecule has 2 N–H and O–H groups in total. The molecule has 0 radical (unpaired) electrons. The van der Waals surface area contributed by atoms with E-state index in [1.807, 2.05) is 20.8 Å². The average Bonchev–Trinajstić information content (AvgIpc) is 2.24. The van der Waals surface area contributed by atoms with Crippen molar-refractivity contribution in [3.63, 3.8) is 0 Å². The maximum absolute atomic E-state index is 13.6. The average molecular weight is 363 g/mol. The highest BCUT2D eigenvalue weighted by Crippen LogP contribution is 2.19. The minimum Gasteiger partial charge on any atom is -0.351 e. The van der Waals surface area contributed by atoms with Gasteiger partial charge in [0, 0.05) is 23.0 Å². The van der Waals surface area contributed by atoms with E-state index in [9.17, 15) is 18.4 Å². The van der Waals surface area contributed by atoms with E-state index in [0.717, 1.165) is 12.1 Å². The molecule has 0 spiro atoms. The standard InChI is InChI=1S/C14H17BrF2N2O2/c1-14(2,3)19-11(20)4-5-18-13(21)12-9(16)6-8(15)7-10(12)17/h6-7H,4-5H2,1-3H3,(H,18,21)(H,19,20). The second-order valence-corrected chi connectivity index (χ2v) is 6.46. The fourth-order valence-electron chi connectivity index (χ4n) is 1.62. The van der Waals surface area contributed by atoms with Crippen molar-refractivity contribution in [1.29, 1.82) is 0 Å². The molecule has 0 saturated heterocycles. The van der Waals surface area contributed by atoms with Crippen LogP contribution in [0.25, 0.3) is 0 Å². The van der Waals surface area contributed by atoms with Gasteiger partial charge in [-0.05, 0) is 32.9 Å². The summed E-state index contributed by atoms with van der Waals surface area (Å²) in [5.74, 6) is -3.06. The first-order valence-electron chi connectivity index (χ1n) is 6.34. The first-order chi connectivity index (χ1) is 9.60. The number of hydrogen-bond acceptors (Lipinski definition) is 2. The third-order valence-electron chi connectivity index (χ3n) is 2.39. The number of amides is 2. The Bertz CT molecular complexity index is 533. The second kappa shape index (κ2) is 6.98. The molecule has 0 aromatic heterocycles. The minimum absolute atomic E-state index is 0.00428. The molecule has 0 unspecified atom stereocenters. The van der Waals surface area contributed by atoms with Crippen molar-refractivity contribution in [2.24, 2.45) is 0 Å². The number of carbonyl (C=O) groups is 2. The highest BCUT2D eigenvalue weighted by Gasteiger charge is 2.19. The summed E-state index contributed by atoms with van der Waals surface area (Å²) >= 11 is 2.93. The van der Waals surface area contributed by atoms with Crippen molar-refractivity contribution in [1.82, 2.24) is 10.6 Å². The lowest BCUT2D eigenvalue weighted by Gasteiger charge is -2.20. The van der Waals surface area contributed by atoms with E-state index in [4.69, 9.17) is 0 Å². The predicted molar refractivity (Wildman–Crippen MR) is 78.9 cm³/mol. The molecule has 7 heteroatoms. The van der Waals surface area contributed by atoms with E-state index in [2.05, 4.69) is 26.6 Å². The number of carbonyl (C=O) groups excluding carboxylic acids is 2. The molecule has 0 saturated carbocycles. The normalized spacial score (nSPS) is 11.1. The Morgan fingerprint density at radius 2 is 1.71 bits per heavy atom.